The first-order valence-corrected chi connectivity index (χ1v) is 6.56. The second kappa shape index (κ2) is 8.32. The van der Waals surface area contributed by atoms with E-state index < -0.39 is 5.60 Å². The zero-order chi connectivity index (χ0) is 14.2. The molecule has 2 unspecified atom stereocenters. The fourth-order valence-electron chi connectivity index (χ4n) is 1.33. The quantitative estimate of drug-likeness (QED) is 0.734. The van der Waals surface area contributed by atoms with Crippen LogP contribution in [0, 0.1) is 0 Å². The highest BCUT2D eigenvalue weighted by atomic mass is 16.6. The van der Waals surface area contributed by atoms with Crippen molar-refractivity contribution in [2.24, 2.45) is 0 Å². The van der Waals surface area contributed by atoms with E-state index in [1.54, 1.807) is 0 Å². The minimum absolute atomic E-state index is 0.180. The van der Waals surface area contributed by atoms with Crippen molar-refractivity contribution in [3.05, 3.63) is 0 Å². The average Bonchev–Trinajstić information content (AvgIpc) is 2.21. The normalized spacial score (nSPS) is 15.0. The lowest BCUT2D eigenvalue weighted by molar-refractivity contribution is 0.0519. The molecule has 0 bridgehead atoms. The molecule has 0 heterocycles. The van der Waals surface area contributed by atoms with Crippen molar-refractivity contribution < 1.29 is 14.3 Å². The molecule has 0 radical (unpaired) electrons. The SMILES string of the molecule is CCOC(C)CNC(C)CNC(=O)OC(C)(C)C. The minimum atomic E-state index is -0.454. The van der Waals surface area contributed by atoms with Crippen LogP contribution in [0.1, 0.15) is 41.5 Å². The Balaban J connectivity index is 3.70. The third kappa shape index (κ3) is 10.4. The van der Waals surface area contributed by atoms with Crippen molar-refractivity contribution in [2.75, 3.05) is 19.7 Å². The number of hydrogen-bond donors (Lipinski definition) is 2. The Morgan fingerprint density at radius 2 is 1.83 bits per heavy atom. The molecular formula is C13H28N2O3. The van der Waals surface area contributed by atoms with Crippen LogP contribution in [0.4, 0.5) is 4.79 Å². The topological polar surface area (TPSA) is 59.6 Å². The van der Waals surface area contributed by atoms with Gasteiger partial charge in [-0.15, -0.1) is 0 Å². The Morgan fingerprint density at radius 3 is 2.33 bits per heavy atom. The van der Waals surface area contributed by atoms with Gasteiger partial charge in [0.2, 0.25) is 0 Å². The van der Waals surface area contributed by atoms with E-state index in [1.807, 2.05) is 41.5 Å². The molecule has 0 aromatic rings. The van der Waals surface area contributed by atoms with Crippen molar-refractivity contribution in [3.8, 4) is 0 Å². The summed E-state index contributed by atoms with van der Waals surface area (Å²) in [7, 11) is 0. The molecule has 5 nitrogen and oxygen atoms in total. The van der Waals surface area contributed by atoms with Crippen LogP contribution in [-0.2, 0) is 9.47 Å². The highest BCUT2D eigenvalue weighted by molar-refractivity contribution is 5.67. The monoisotopic (exact) mass is 260 g/mol. The average molecular weight is 260 g/mol. The fraction of sp³-hybridized carbons (Fsp3) is 0.923. The molecule has 2 N–H and O–H groups in total. The lowest BCUT2D eigenvalue weighted by Crippen LogP contribution is -2.43. The molecule has 0 rings (SSSR count). The Morgan fingerprint density at radius 1 is 1.22 bits per heavy atom. The molecule has 1 amide bonds. The number of hydrogen-bond acceptors (Lipinski definition) is 4. The molecule has 18 heavy (non-hydrogen) atoms. The molecule has 0 saturated carbocycles. The van der Waals surface area contributed by atoms with Crippen LogP contribution in [-0.4, -0.2) is 43.5 Å². The van der Waals surface area contributed by atoms with Gasteiger partial charge in [0.05, 0.1) is 6.10 Å². The van der Waals surface area contributed by atoms with Gasteiger partial charge >= 0.3 is 6.09 Å². The summed E-state index contributed by atoms with van der Waals surface area (Å²) in [5.41, 5.74) is -0.454. The number of amides is 1. The van der Waals surface area contributed by atoms with Gasteiger partial charge in [-0.25, -0.2) is 4.79 Å². The van der Waals surface area contributed by atoms with Gasteiger partial charge in [0.15, 0.2) is 0 Å². The molecule has 0 fully saturated rings. The van der Waals surface area contributed by atoms with Gasteiger partial charge in [0, 0.05) is 25.7 Å². The summed E-state index contributed by atoms with van der Waals surface area (Å²) in [6, 6.07) is 0.181. The van der Waals surface area contributed by atoms with E-state index >= 15 is 0 Å². The highest BCUT2D eigenvalue weighted by Gasteiger charge is 2.16. The molecule has 0 aromatic carbocycles. The third-order valence-electron chi connectivity index (χ3n) is 2.16. The fourth-order valence-corrected chi connectivity index (χ4v) is 1.33. The maximum atomic E-state index is 11.4. The Labute approximate surface area is 111 Å². The smallest absolute Gasteiger partial charge is 0.407 e. The van der Waals surface area contributed by atoms with Gasteiger partial charge in [0.25, 0.3) is 0 Å². The summed E-state index contributed by atoms with van der Waals surface area (Å²) in [5, 5.41) is 6.02. The van der Waals surface area contributed by atoms with Crippen LogP contribution < -0.4 is 10.6 Å². The summed E-state index contributed by atoms with van der Waals surface area (Å²) < 4.78 is 10.6. The summed E-state index contributed by atoms with van der Waals surface area (Å²) in [4.78, 5) is 11.4. The summed E-state index contributed by atoms with van der Waals surface area (Å²) in [6.07, 6.45) is -0.201. The van der Waals surface area contributed by atoms with Crippen molar-refractivity contribution in [3.63, 3.8) is 0 Å². The van der Waals surface area contributed by atoms with Gasteiger partial charge in [0.1, 0.15) is 5.60 Å². The molecule has 0 aliphatic heterocycles. The number of rotatable bonds is 7. The zero-order valence-corrected chi connectivity index (χ0v) is 12.5. The first-order chi connectivity index (χ1) is 8.24. The van der Waals surface area contributed by atoms with E-state index in [0.717, 1.165) is 6.54 Å². The largest absolute Gasteiger partial charge is 0.444 e. The maximum Gasteiger partial charge on any atom is 0.407 e. The number of carbonyl (C=O) groups is 1. The molecule has 2 atom stereocenters. The Bertz CT molecular complexity index is 239. The molecule has 0 aliphatic rings. The van der Waals surface area contributed by atoms with E-state index in [1.165, 1.54) is 0 Å². The van der Waals surface area contributed by atoms with Gasteiger partial charge < -0.3 is 20.1 Å². The lowest BCUT2D eigenvalue weighted by atomic mass is 10.2. The predicted octanol–water partition coefficient (Wildman–Crippen LogP) is 1.91. The lowest BCUT2D eigenvalue weighted by Gasteiger charge is -2.22. The molecular weight excluding hydrogens is 232 g/mol. The Hall–Kier alpha value is -0.810. The van der Waals surface area contributed by atoms with E-state index in [9.17, 15) is 4.79 Å². The van der Waals surface area contributed by atoms with Crippen LogP contribution in [0.2, 0.25) is 0 Å². The summed E-state index contributed by atoms with van der Waals surface area (Å²) >= 11 is 0. The van der Waals surface area contributed by atoms with E-state index in [2.05, 4.69) is 10.6 Å². The first kappa shape index (κ1) is 17.2. The van der Waals surface area contributed by atoms with E-state index in [0.29, 0.717) is 13.2 Å². The first-order valence-electron chi connectivity index (χ1n) is 6.56. The maximum absolute atomic E-state index is 11.4. The van der Waals surface area contributed by atoms with E-state index in [-0.39, 0.29) is 18.2 Å². The van der Waals surface area contributed by atoms with Crippen LogP contribution in [0.5, 0.6) is 0 Å². The van der Waals surface area contributed by atoms with Crippen molar-refractivity contribution in [2.45, 2.75) is 59.3 Å². The minimum Gasteiger partial charge on any atom is -0.444 e. The Kier molecular flexibility index (Phi) is 7.95. The number of carbonyl (C=O) groups excluding carboxylic acids is 1. The molecule has 5 heteroatoms. The predicted molar refractivity (Wildman–Crippen MR) is 72.8 cm³/mol. The zero-order valence-electron chi connectivity index (χ0n) is 12.5. The van der Waals surface area contributed by atoms with Crippen LogP contribution in [0.3, 0.4) is 0 Å². The highest BCUT2D eigenvalue weighted by Crippen LogP contribution is 2.06. The standard InChI is InChI=1S/C13H28N2O3/c1-7-17-11(3)9-14-10(2)8-15-12(16)18-13(4,5)6/h10-11,14H,7-9H2,1-6H3,(H,15,16). The summed E-state index contributed by atoms with van der Waals surface area (Å²) in [6.45, 7) is 13.6. The molecule has 0 saturated heterocycles. The van der Waals surface area contributed by atoms with Crippen LogP contribution in [0.15, 0.2) is 0 Å². The number of nitrogens with one attached hydrogen (secondary N) is 2. The van der Waals surface area contributed by atoms with Crippen molar-refractivity contribution >= 4 is 6.09 Å². The van der Waals surface area contributed by atoms with Crippen molar-refractivity contribution in [1.29, 1.82) is 0 Å². The molecule has 108 valence electrons. The van der Waals surface area contributed by atoms with Gasteiger partial charge in [-0.05, 0) is 41.5 Å². The van der Waals surface area contributed by atoms with Gasteiger partial charge in [-0.3, -0.25) is 0 Å². The molecule has 0 spiro atoms. The van der Waals surface area contributed by atoms with Crippen molar-refractivity contribution in [1.82, 2.24) is 10.6 Å². The van der Waals surface area contributed by atoms with Gasteiger partial charge in [-0.2, -0.15) is 0 Å². The molecule has 0 aromatic heterocycles. The third-order valence-corrected chi connectivity index (χ3v) is 2.16. The van der Waals surface area contributed by atoms with Gasteiger partial charge in [-0.1, -0.05) is 0 Å². The summed E-state index contributed by atoms with van der Waals surface area (Å²) in [5.74, 6) is 0. The second-order valence-electron chi connectivity index (χ2n) is 5.46. The molecule has 0 aliphatic carbocycles. The second-order valence-corrected chi connectivity index (χ2v) is 5.46. The van der Waals surface area contributed by atoms with E-state index in [4.69, 9.17) is 9.47 Å². The number of ether oxygens (including phenoxy) is 2. The van der Waals surface area contributed by atoms with Crippen LogP contribution >= 0.6 is 0 Å². The van der Waals surface area contributed by atoms with Crippen LogP contribution in [0.25, 0.3) is 0 Å². The number of alkyl carbamates (subject to hydrolysis) is 1.